The molecular formula is C19H23F2N3O2. The summed E-state index contributed by atoms with van der Waals surface area (Å²) in [6.45, 7) is 5.63. The van der Waals surface area contributed by atoms with Crippen LogP contribution < -0.4 is 0 Å². The Kier molecular flexibility index (Phi) is 4.98. The Morgan fingerprint density at radius 2 is 1.96 bits per heavy atom. The largest absolute Gasteiger partial charge is 0.444 e. The highest BCUT2D eigenvalue weighted by atomic mass is 19.3. The SMILES string of the molecule is CC(C)(C)OC(=O)N1CCc2nc(-c3ccccc3)n(CC(F)F)c2C1. The number of alkyl halides is 2. The number of carbonyl (C=O) groups is 1. The molecule has 26 heavy (non-hydrogen) atoms. The van der Waals surface area contributed by atoms with E-state index in [-0.39, 0.29) is 6.54 Å². The maximum Gasteiger partial charge on any atom is 0.410 e. The first-order valence-electron chi connectivity index (χ1n) is 8.64. The molecule has 0 saturated heterocycles. The van der Waals surface area contributed by atoms with Crippen molar-refractivity contribution in [1.29, 1.82) is 0 Å². The number of nitrogens with zero attached hydrogens (tertiary/aromatic N) is 3. The van der Waals surface area contributed by atoms with Crippen LogP contribution in [0, 0.1) is 0 Å². The Bertz CT molecular complexity index is 782. The van der Waals surface area contributed by atoms with Crippen molar-refractivity contribution >= 4 is 6.09 Å². The van der Waals surface area contributed by atoms with Gasteiger partial charge in [0.25, 0.3) is 6.43 Å². The number of rotatable bonds is 3. The van der Waals surface area contributed by atoms with E-state index in [9.17, 15) is 13.6 Å². The van der Waals surface area contributed by atoms with Gasteiger partial charge in [0.05, 0.1) is 24.5 Å². The maximum atomic E-state index is 13.2. The molecule has 140 valence electrons. The van der Waals surface area contributed by atoms with Crippen molar-refractivity contribution in [2.75, 3.05) is 6.54 Å². The van der Waals surface area contributed by atoms with Gasteiger partial charge in [-0.15, -0.1) is 0 Å². The molecule has 0 bridgehead atoms. The third kappa shape index (κ3) is 4.03. The molecule has 5 nitrogen and oxygen atoms in total. The second-order valence-corrected chi connectivity index (χ2v) is 7.35. The van der Waals surface area contributed by atoms with Gasteiger partial charge in [0.15, 0.2) is 0 Å². The third-order valence-electron chi connectivity index (χ3n) is 4.12. The molecule has 3 rings (SSSR count). The van der Waals surface area contributed by atoms with E-state index in [1.165, 1.54) is 4.57 Å². The van der Waals surface area contributed by atoms with Crippen LogP contribution in [-0.4, -0.2) is 39.1 Å². The fourth-order valence-electron chi connectivity index (χ4n) is 3.04. The second-order valence-electron chi connectivity index (χ2n) is 7.35. The van der Waals surface area contributed by atoms with Gasteiger partial charge in [-0.25, -0.2) is 18.6 Å². The van der Waals surface area contributed by atoms with Crippen molar-refractivity contribution in [3.05, 3.63) is 41.7 Å². The molecule has 0 spiro atoms. The summed E-state index contributed by atoms with van der Waals surface area (Å²) in [5, 5.41) is 0. The molecule has 2 aromatic rings. The highest BCUT2D eigenvalue weighted by molar-refractivity contribution is 5.68. The molecule has 1 amide bonds. The van der Waals surface area contributed by atoms with E-state index < -0.39 is 24.7 Å². The van der Waals surface area contributed by atoms with Gasteiger partial charge in [0.1, 0.15) is 11.4 Å². The average molecular weight is 363 g/mol. The Labute approximate surface area is 151 Å². The van der Waals surface area contributed by atoms with E-state index in [0.29, 0.717) is 24.5 Å². The molecule has 0 fully saturated rings. The number of hydrogen-bond acceptors (Lipinski definition) is 3. The number of halogens is 2. The number of benzene rings is 1. The lowest BCUT2D eigenvalue weighted by molar-refractivity contribution is 0.0217. The smallest absolute Gasteiger partial charge is 0.410 e. The number of amides is 1. The summed E-state index contributed by atoms with van der Waals surface area (Å²) in [7, 11) is 0. The zero-order valence-electron chi connectivity index (χ0n) is 15.2. The summed E-state index contributed by atoms with van der Waals surface area (Å²) in [6.07, 6.45) is -2.42. The number of hydrogen-bond donors (Lipinski definition) is 0. The fraction of sp³-hybridized carbons (Fsp3) is 0.474. The topological polar surface area (TPSA) is 47.4 Å². The zero-order chi connectivity index (χ0) is 18.9. The maximum absolute atomic E-state index is 13.2. The fourth-order valence-corrected chi connectivity index (χ4v) is 3.04. The number of carbonyl (C=O) groups excluding carboxylic acids is 1. The van der Waals surface area contributed by atoms with E-state index in [1.807, 2.05) is 30.3 Å². The van der Waals surface area contributed by atoms with Crippen molar-refractivity contribution in [3.8, 4) is 11.4 Å². The van der Waals surface area contributed by atoms with Crippen LogP contribution in [-0.2, 0) is 24.2 Å². The van der Waals surface area contributed by atoms with Gasteiger partial charge >= 0.3 is 6.09 Å². The molecule has 0 radical (unpaired) electrons. The van der Waals surface area contributed by atoms with Gasteiger partial charge in [0, 0.05) is 18.5 Å². The average Bonchev–Trinajstić information content (AvgIpc) is 2.91. The lowest BCUT2D eigenvalue weighted by atomic mass is 10.1. The third-order valence-corrected chi connectivity index (χ3v) is 4.12. The molecule has 0 unspecified atom stereocenters. The van der Waals surface area contributed by atoms with Gasteiger partial charge in [-0.2, -0.15) is 0 Å². The van der Waals surface area contributed by atoms with Gasteiger partial charge < -0.3 is 14.2 Å². The molecule has 1 aliphatic rings. The van der Waals surface area contributed by atoms with Gasteiger partial charge in [-0.3, -0.25) is 0 Å². The molecule has 1 aromatic heterocycles. The van der Waals surface area contributed by atoms with Crippen molar-refractivity contribution < 1.29 is 18.3 Å². The van der Waals surface area contributed by atoms with Crippen LogP contribution in [0.1, 0.15) is 32.2 Å². The molecule has 0 saturated carbocycles. The van der Waals surface area contributed by atoms with Crippen molar-refractivity contribution in [2.45, 2.75) is 52.3 Å². The first kappa shape index (κ1) is 18.4. The quantitative estimate of drug-likeness (QED) is 0.825. The van der Waals surface area contributed by atoms with Crippen LogP contribution in [0.5, 0.6) is 0 Å². The summed E-state index contributed by atoms with van der Waals surface area (Å²) in [5.41, 5.74) is 1.60. The van der Waals surface area contributed by atoms with E-state index in [2.05, 4.69) is 4.98 Å². The molecule has 0 aliphatic carbocycles. The predicted octanol–water partition coefficient (Wildman–Crippen LogP) is 4.11. The van der Waals surface area contributed by atoms with Crippen LogP contribution >= 0.6 is 0 Å². The Hall–Kier alpha value is -2.44. The lowest BCUT2D eigenvalue weighted by Crippen LogP contribution is -2.40. The second kappa shape index (κ2) is 7.05. The summed E-state index contributed by atoms with van der Waals surface area (Å²) in [6, 6.07) is 9.27. The van der Waals surface area contributed by atoms with Crippen LogP contribution in [0.3, 0.4) is 0 Å². The van der Waals surface area contributed by atoms with Gasteiger partial charge in [-0.05, 0) is 20.8 Å². The molecular weight excluding hydrogens is 340 g/mol. The summed E-state index contributed by atoms with van der Waals surface area (Å²) >= 11 is 0. The van der Waals surface area contributed by atoms with E-state index >= 15 is 0 Å². The predicted molar refractivity (Wildman–Crippen MR) is 94.0 cm³/mol. The molecule has 2 heterocycles. The summed E-state index contributed by atoms with van der Waals surface area (Å²) in [5.74, 6) is 0.516. The van der Waals surface area contributed by atoms with E-state index in [4.69, 9.17) is 4.74 Å². The van der Waals surface area contributed by atoms with Crippen LogP contribution in [0.25, 0.3) is 11.4 Å². The summed E-state index contributed by atoms with van der Waals surface area (Å²) in [4.78, 5) is 18.5. The highest BCUT2D eigenvalue weighted by Gasteiger charge is 2.30. The monoisotopic (exact) mass is 363 g/mol. The van der Waals surface area contributed by atoms with Crippen molar-refractivity contribution in [2.24, 2.45) is 0 Å². The lowest BCUT2D eigenvalue weighted by Gasteiger charge is -2.30. The minimum absolute atomic E-state index is 0.219. The first-order valence-corrected chi connectivity index (χ1v) is 8.64. The van der Waals surface area contributed by atoms with Crippen LogP contribution in [0.4, 0.5) is 13.6 Å². The number of imidazole rings is 1. The molecule has 1 aliphatic heterocycles. The minimum Gasteiger partial charge on any atom is -0.444 e. The Morgan fingerprint density at radius 1 is 1.27 bits per heavy atom. The normalized spacial score (nSPS) is 14.5. The highest BCUT2D eigenvalue weighted by Crippen LogP contribution is 2.28. The molecule has 0 N–H and O–H groups in total. The van der Waals surface area contributed by atoms with Crippen molar-refractivity contribution in [3.63, 3.8) is 0 Å². The van der Waals surface area contributed by atoms with Crippen molar-refractivity contribution in [1.82, 2.24) is 14.5 Å². The number of fused-ring (bicyclic) bond motifs is 1. The van der Waals surface area contributed by atoms with Gasteiger partial charge in [-0.1, -0.05) is 30.3 Å². The molecule has 0 atom stereocenters. The molecule has 1 aromatic carbocycles. The van der Waals surface area contributed by atoms with Crippen LogP contribution in [0.15, 0.2) is 30.3 Å². The van der Waals surface area contributed by atoms with E-state index in [1.54, 1.807) is 25.7 Å². The van der Waals surface area contributed by atoms with E-state index in [0.717, 1.165) is 11.3 Å². The standard InChI is InChI=1S/C19H23F2N3O2/c1-19(2,3)26-18(25)23-10-9-14-15(11-23)24(12-16(20)21)17(22-14)13-7-5-4-6-8-13/h4-8,16H,9-12H2,1-3H3. The van der Waals surface area contributed by atoms with Gasteiger partial charge in [0.2, 0.25) is 0 Å². The Morgan fingerprint density at radius 3 is 2.58 bits per heavy atom. The molecule has 7 heteroatoms. The number of ether oxygens (including phenoxy) is 1. The van der Waals surface area contributed by atoms with Crippen LogP contribution in [0.2, 0.25) is 0 Å². The number of aromatic nitrogens is 2. The Balaban J connectivity index is 1.93. The zero-order valence-corrected chi connectivity index (χ0v) is 15.2. The minimum atomic E-state index is -2.51. The summed E-state index contributed by atoms with van der Waals surface area (Å²) < 4.78 is 33.3. The first-order chi connectivity index (χ1) is 12.2.